The molecule has 2 heterocycles. The van der Waals surface area contributed by atoms with Crippen molar-refractivity contribution in [3.8, 4) is 17.3 Å². The molecule has 0 aliphatic heterocycles. The smallest absolute Gasteiger partial charge is 0.269 e. The monoisotopic (exact) mass is 270 g/mol. The number of hydrogen-bond donors (Lipinski definition) is 2. The molecule has 0 aliphatic rings. The maximum Gasteiger partial charge on any atom is 0.269 e. The van der Waals surface area contributed by atoms with E-state index in [2.05, 4.69) is 25.9 Å². The molecule has 78 valence electrons. The fourth-order valence-electron chi connectivity index (χ4n) is 1.21. The van der Waals surface area contributed by atoms with Gasteiger partial charge >= 0.3 is 0 Å². The minimum Gasteiger partial charge on any atom is -0.492 e. The Kier molecular flexibility index (Phi) is 2.36. The fourth-order valence-corrected chi connectivity index (χ4v) is 1.39. The van der Waals surface area contributed by atoms with Crippen LogP contribution >= 0.6 is 15.9 Å². The van der Waals surface area contributed by atoms with Crippen molar-refractivity contribution in [2.24, 2.45) is 0 Å². The van der Waals surface area contributed by atoms with Crippen molar-refractivity contribution in [3.63, 3.8) is 0 Å². The van der Waals surface area contributed by atoms with Crippen LogP contribution in [0.2, 0.25) is 0 Å². The zero-order chi connectivity index (χ0) is 11.0. The van der Waals surface area contributed by atoms with E-state index in [9.17, 15) is 9.90 Å². The van der Waals surface area contributed by atoms with E-state index in [0.29, 0.717) is 11.3 Å². The maximum absolute atomic E-state index is 11.3. The molecule has 0 saturated carbocycles. The molecule has 15 heavy (non-hydrogen) atoms. The molecule has 6 heteroatoms. The largest absolute Gasteiger partial charge is 0.492 e. The molecular formula is C9H7BrN2O3. The first-order valence-electron chi connectivity index (χ1n) is 4.13. The van der Waals surface area contributed by atoms with E-state index >= 15 is 0 Å². The minimum absolute atomic E-state index is 0.0207. The van der Waals surface area contributed by atoms with Gasteiger partial charge in [0.1, 0.15) is 16.1 Å². The van der Waals surface area contributed by atoms with Crippen LogP contribution in [0.5, 0.6) is 5.88 Å². The highest BCUT2D eigenvalue weighted by molar-refractivity contribution is 9.10. The SMILES string of the molecule is Cc1occc1-c1nc(O)c(Br)c(=O)[nH]1. The summed E-state index contributed by atoms with van der Waals surface area (Å²) < 4.78 is 5.09. The quantitative estimate of drug-likeness (QED) is 0.828. The zero-order valence-electron chi connectivity index (χ0n) is 7.74. The number of rotatable bonds is 1. The second-order valence-electron chi connectivity index (χ2n) is 2.94. The molecule has 2 aromatic rings. The third kappa shape index (κ3) is 1.68. The molecule has 0 fully saturated rings. The van der Waals surface area contributed by atoms with Crippen LogP contribution < -0.4 is 5.56 Å². The Labute approximate surface area is 92.9 Å². The number of hydrogen-bond acceptors (Lipinski definition) is 4. The molecule has 0 aromatic carbocycles. The molecule has 0 unspecified atom stereocenters. The first-order chi connectivity index (χ1) is 7.09. The number of aromatic amines is 1. The van der Waals surface area contributed by atoms with Crippen LogP contribution in [0.1, 0.15) is 5.76 Å². The summed E-state index contributed by atoms with van der Waals surface area (Å²) in [6.07, 6.45) is 1.49. The molecule has 0 spiro atoms. The average molecular weight is 271 g/mol. The highest BCUT2D eigenvalue weighted by atomic mass is 79.9. The maximum atomic E-state index is 11.3. The van der Waals surface area contributed by atoms with Gasteiger partial charge in [-0.15, -0.1) is 0 Å². The number of H-pyrrole nitrogens is 1. The van der Waals surface area contributed by atoms with Crippen LogP contribution in [0.25, 0.3) is 11.4 Å². The van der Waals surface area contributed by atoms with Crippen LogP contribution in [0.4, 0.5) is 0 Å². The number of furan rings is 1. The van der Waals surface area contributed by atoms with E-state index in [4.69, 9.17) is 4.42 Å². The summed E-state index contributed by atoms with van der Waals surface area (Å²) in [6, 6.07) is 1.67. The van der Waals surface area contributed by atoms with Crippen molar-refractivity contribution in [2.75, 3.05) is 0 Å². The summed E-state index contributed by atoms with van der Waals surface area (Å²) in [5.41, 5.74) is 0.216. The highest BCUT2D eigenvalue weighted by Gasteiger charge is 2.11. The molecule has 0 amide bonds. The Hall–Kier alpha value is -1.56. The lowest BCUT2D eigenvalue weighted by Gasteiger charge is -2.00. The number of aryl methyl sites for hydroxylation is 1. The van der Waals surface area contributed by atoms with Gasteiger partial charge in [-0.05, 0) is 28.9 Å². The van der Waals surface area contributed by atoms with Crippen molar-refractivity contribution in [1.82, 2.24) is 9.97 Å². The molecule has 0 bridgehead atoms. The summed E-state index contributed by atoms with van der Waals surface area (Å²) in [5.74, 6) is 0.571. The number of aromatic hydroxyl groups is 1. The van der Waals surface area contributed by atoms with Crippen molar-refractivity contribution in [3.05, 3.63) is 32.9 Å². The molecule has 0 saturated heterocycles. The molecule has 2 aromatic heterocycles. The van der Waals surface area contributed by atoms with Crippen molar-refractivity contribution >= 4 is 15.9 Å². The Balaban J connectivity index is 2.66. The lowest BCUT2D eigenvalue weighted by Crippen LogP contribution is -2.09. The topological polar surface area (TPSA) is 79.1 Å². The number of halogens is 1. The van der Waals surface area contributed by atoms with Gasteiger partial charge in [-0.3, -0.25) is 4.79 Å². The molecule has 0 aliphatic carbocycles. The summed E-state index contributed by atoms with van der Waals surface area (Å²) in [4.78, 5) is 17.7. The van der Waals surface area contributed by atoms with E-state index in [1.165, 1.54) is 6.26 Å². The third-order valence-corrected chi connectivity index (χ3v) is 2.67. The lowest BCUT2D eigenvalue weighted by molar-refractivity contribution is 0.448. The van der Waals surface area contributed by atoms with Gasteiger partial charge in [-0.25, -0.2) is 0 Å². The van der Waals surface area contributed by atoms with Crippen molar-refractivity contribution in [2.45, 2.75) is 6.92 Å². The van der Waals surface area contributed by atoms with Crippen LogP contribution in [0.15, 0.2) is 26.0 Å². The minimum atomic E-state index is -0.432. The molecule has 0 radical (unpaired) electrons. The van der Waals surface area contributed by atoms with Gasteiger partial charge in [-0.1, -0.05) is 0 Å². The normalized spacial score (nSPS) is 10.5. The molecule has 5 nitrogen and oxygen atoms in total. The summed E-state index contributed by atoms with van der Waals surface area (Å²) in [7, 11) is 0. The summed E-state index contributed by atoms with van der Waals surface area (Å²) in [5, 5.41) is 9.36. The second-order valence-corrected chi connectivity index (χ2v) is 3.74. The first-order valence-corrected chi connectivity index (χ1v) is 4.92. The Morgan fingerprint density at radius 2 is 2.33 bits per heavy atom. The van der Waals surface area contributed by atoms with Crippen LogP contribution in [0, 0.1) is 6.92 Å². The molecule has 2 N–H and O–H groups in total. The van der Waals surface area contributed by atoms with E-state index in [0.717, 1.165) is 0 Å². The summed E-state index contributed by atoms with van der Waals surface area (Å²) in [6.45, 7) is 1.74. The van der Waals surface area contributed by atoms with Crippen LogP contribution in [-0.2, 0) is 0 Å². The van der Waals surface area contributed by atoms with Crippen molar-refractivity contribution < 1.29 is 9.52 Å². The van der Waals surface area contributed by atoms with Gasteiger partial charge in [-0.2, -0.15) is 4.98 Å². The Morgan fingerprint density at radius 1 is 1.60 bits per heavy atom. The standard InChI is InChI=1S/C9H7BrN2O3/c1-4-5(2-3-15-4)7-11-8(13)6(10)9(14)12-7/h2-3H,1H3,(H2,11,12,13,14). The number of nitrogens with one attached hydrogen (secondary N) is 1. The van der Waals surface area contributed by atoms with Gasteiger partial charge in [0, 0.05) is 0 Å². The number of nitrogens with zero attached hydrogens (tertiary/aromatic N) is 1. The third-order valence-electron chi connectivity index (χ3n) is 1.96. The van der Waals surface area contributed by atoms with Gasteiger partial charge in [0.25, 0.3) is 5.56 Å². The fraction of sp³-hybridized carbons (Fsp3) is 0.111. The second kappa shape index (κ2) is 3.54. The number of aromatic nitrogens is 2. The predicted molar refractivity (Wildman–Crippen MR) is 56.7 cm³/mol. The summed E-state index contributed by atoms with van der Waals surface area (Å²) >= 11 is 2.92. The van der Waals surface area contributed by atoms with E-state index in [1.54, 1.807) is 13.0 Å². The lowest BCUT2D eigenvalue weighted by atomic mass is 10.2. The first kappa shape index (κ1) is 9.97. The Morgan fingerprint density at radius 3 is 2.87 bits per heavy atom. The van der Waals surface area contributed by atoms with Crippen LogP contribution in [-0.4, -0.2) is 15.1 Å². The van der Waals surface area contributed by atoms with Gasteiger partial charge in [0.05, 0.1) is 11.8 Å². The average Bonchev–Trinajstić information content (AvgIpc) is 2.60. The molecular weight excluding hydrogens is 264 g/mol. The van der Waals surface area contributed by atoms with E-state index < -0.39 is 5.56 Å². The van der Waals surface area contributed by atoms with Crippen LogP contribution in [0.3, 0.4) is 0 Å². The Bertz CT molecular complexity index is 559. The predicted octanol–water partition coefficient (Wildman–Crippen LogP) is 1.81. The molecule has 0 atom stereocenters. The van der Waals surface area contributed by atoms with E-state index in [1.807, 2.05) is 0 Å². The molecule has 2 rings (SSSR count). The van der Waals surface area contributed by atoms with Gasteiger partial charge in [0.15, 0.2) is 0 Å². The highest BCUT2D eigenvalue weighted by Crippen LogP contribution is 2.23. The van der Waals surface area contributed by atoms with Crippen molar-refractivity contribution in [1.29, 1.82) is 0 Å². The van der Waals surface area contributed by atoms with Gasteiger partial charge < -0.3 is 14.5 Å². The van der Waals surface area contributed by atoms with Gasteiger partial charge in [0.2, 0.25) is 5.88 Å². The van der Waals surface area contributed by atoms with E-state index in [-0.39, 0.29) is 16.2 Å². The zero-order valence-corrected chi connectivity index (χ0v) is 9.33.